The van der Waals surface area contributed by atoms with E-state index >= 15 is 0 Å². The Morgan fingerprint density at radius 1 is 1.06 bits per heavy atom. The van der Waals surface area contributed by atoms with Gasteiger partial charge in [-0.05, 0) is 29.7 Å². The number of aliphatic hydroxyl groups is 2. The van der Waals surface area contributed by atoms with Gasteiger partial charge in [0.15, 0.2) is 11.2 Å². The smallest absolute Gasteiger partial charge is 0.416 e. The summed E-state index contributed by atoms with van der Waals surface area (Å²) >= 11 is 0. The summed E-state index contributed by atoms with van der Waals surface area (Å²) in [4.78, 5) is 4.09. The van der Waals surface area contributed by atoms with E-state index in [0.717, 1.165) is 17.7 Å². The van der Waals surface area contributed by atoms with Gasteiger partial charge in [0, 0.05) is 5.92 Å². The Labute approximate surface area is 182 Å². The van der Waals surface area contributed by atoms with Crippen LogP contribution in [0.3, 0.4) is 0 Å². The first kappa shape index (κ1) is 20.8. The fourth-order valence-corrected chi connectivity index (χ4v) is 5.22. The number of ether oxygens (including phenoxy) is 2. The van der Waals surface area contributed by atoms with Crippen molar-refractivity contribution in [1.29, 1.82) is 0 Å². The first-order chi connectivity index (χ1) is 15.2. The van der Waals surface area contributed by atoms with E-state index in [1.54, 1.807) is 0 Å². The summed E-state index contributed by atoms with van der Waals surface area (Å²) in [6.45, 7) is 0. The number of methoxy groups -OCH3 is 1. The molecule has 0 radical (unpaired) electrons. The molecule has 2 aliphatic rings. The minimum atomic E-state index is -4.51. The SMILES string of the molecule is COc1cncc2c1C1(O)C(O)CC(c3ccccc3)C1(c1ccc(C(F)(F)F)cc1)O2. The lowest BCUT2D eigenvalue weighted by atomic mass is 9.71. The molecule has 4 atom stereocenters. The Morgan fingerprint density at radius 3 is 2.38 bits per heavy atom. The number of hydrogen-bond donors (Lipinski definition) is 2. The molecule has 8 heteroatoms. The molecule has 0 bridgehead atoms. The van der Waals surface area contributed by atoms with Gasteiger partial charge in [0.2, 0.25) is 0 Å². The highest BCUT2D eigenvalue weighted by Crippen LogP contribution is 2.67. The molecule has 0 saturated heterocycles. The van der Waals surface area contributed by atoms with Gasteiger partial charge in [0.05, 0.1) is 36.7 Å². The molecular weight excluding hydrogens is 423 g/mol. The van der Waals surface area contributed by atoms with Crippen molar-refractivity contribution in [2.24, 2.45) is 0 Å². The van der Waals surface area contributed by atoms with Crippen LogP contribution in [-0.4, -0.2) is 28.4 Å². The molecule has 0 amide bonds. The Kier molecular flexibility index (Phi) is 4.51. The second-order valence-electron chi connectivity index (χ2n) is 8.11. The van der Waals surface area contributed by atoms with Crippen LogP contribution < -0.4 is 9.47 Å². The molecule has 2 aromatic carbocycles. The van der Waals surface area contributed by atoms with Crippen molar-refractivity contribution in [2.75, 3.05) is 7.11 Å². The quantitative estimate of drug-likeness (QED) is 0.637. The number of alkyl halides is 3. The van der Waals surface area contributed by atoms with Crippen molar-refractivity contribution in [2.45, 2.75) is 35.8 Å². The Bertz CT molecular complexity index is 1150. The predicted octanol–water partition coefficient (Wildman–Crippen LogP) is 4.13. The third-order valence-electron chi connectivity index (χ3n) is 6.59. The van der Waals surface area contributed by atoms with Crippen LogP contribution in [0, 0.1) is 0 Å². The third-order valence-corrected chi connectivity index (χ3v) is 6.59. The molecule has 2 N–H and O–H groups in total. The lowest BCUT2D eigenvalue weighted by molar-refractivity contribution is -0.150. The van der Waals surface area contributed by atoms with E-state index in [9.17, 15) is 23.4 Å². The topological polar surface area (TPSA) is 71.8 Å². The number of aromatic nitrogens is 1. The summed E-state index contributed by atoms with van der Waals surface area (Å²) < 4.78 is 51.4. The largest absolute Gasteiger partial charge is 0.495 e. The van der Waals surface area contributed by atoms with Gasteiger partial charge in [-0.3, -0.25) is 4.98 Å². The van der Waals surface area contributed by atoms with E-state index in [4.69, 9.17) is 9.47 Å². The van der Waals surface area contributed by atoms with Crippen molar-refractivity contribution < 1.29 is 32.9 Å². The molecule has 166 valence electrons. The molecule has 2 heterocycles. The minimum absolute atomic E-state index is 0.131. The molecule has 1 saturated carbocycles. The summed E-state index contributed by atoms with van der Waals surface area (Å²) in [5.41, 5.74) is -3.04. The number of rotatable bonds is 3. The lowest BCUT2D eigenvalue weighted by Gasteiger charge is -2.40. The molecular formula is C24H20F3NO4. The van der Waals surface area contributed by atoms with E-state index in [1.165, 1.54) is 31.6 Å². The van der Waals surface area contributed by atoms with Crippen molar-refractivity contribution in [3.63, 3.8) is 0 Å². The zero-order valence-electron chi connectivity index (χ0n) is 17.0. The van der Waals surface area contributed by atoms with E-state index in [1.807, 2.05) is 30.3 Å². The van der Waals surface area contributed by atoms with E-state index in [-0.39, 0.29) is 23.5 Å². The van der Waals surface area contributed by atoms with E-state index in [0.29, 0.717) is 5.56 Å². The third kappa shape index (κ3) is 2.63. The van der Waals surface area contributed by atoms with E-state index < -0.39 is 35.0 Å². The maximum atomic E-state index is 13.2. The van der Waals surface area contributed by atoms with Gasteiger partial charge < -0.3 is 19.7 Å². The summed E-state index contributed by atoms with van der Waals surface area (Å²) in [7, 11) is 1.41. The monoisotopic (exact) mass is 443 g/mol. The van der Waals surface area contributed by atoms with Gasteiger partial charge in [-0.1, -0.05) is 42.5 Å². The first-order valence-electron chi connectivity index (χ1n) is 10.1. The molecule has 1 aromatic heterocycles. The van der Waals surface area contributed by atoms with Crippen molar-refractivity contribution in [1.82, 2.24) is 4.98 Å². The molecule has 5 nitrogen and oxygen atoms in total. The summed E-state index contributed by atoms with van der Waals surface area (Å²) in [5, 5.41) is 23.3. The molecule has 4 unspecified atom stereocenters. The Balaban J connectivity index is 1.78. The maximum absolute atomic E-state index is 13.2. The van der Waals surface area contributed by atoms with Gasteiger partial charge in [0.1, 0.15) is 11.5 Å². The second kappa shape index (κ2) is 6.95. The van der Waals surface area contributed by atoms with E-state index in [2.05, 4.69) is 4.98 Å². The van der Waals surface area contributed by atoms with Crippen LogP contribution in [0.25, 0.3) is 0 Å². The number of pyridine rings is 1. The van der Waals surface area contributed by atoms with Gasteiger partial charge in [0.25, 0.3) is 0 Å². The second-order valence-corrected chi connectivity index (χ2v) is 8.11. The predicted molar refractivity (Wildman–Crippen MR) is 108 cm³/mol. The first-order valence-corrected chi connectivity index (χ1v) is 10.1. The molecule has 1 fully saturated rings. The fraction of sp³-hybridized carbons (Fsp3) is 0.292. The van der Waals surface area contributed by atoms with Crippen LogP contribution in [0.15, 0.2) is 67.0 Å². The van der Waals surface area contributed by atoms with Crippen molar-refractivity contribution >= 4 is 0 Å². The zero-order valence-corrected chi connectivity index (χ0v) is 17.0. The minimum Gasteiger partial charge on any atom is -0.495 e. The Hall–Kier alpha value is -3.10. The number of hydrogen-bond acceptors (Lipinski definition) is 5. The average Bonchev–Trinajstić information content (AvgIpc) is 3.19. The highest BCUT2D eigenvalue weighted by Gasteiger charge is 2.73. The number of benzene rings is 2. The van der Waals surface area contributed by atoms with Crippen molar-refractivity contribution in [3.05, 3.63) is 89.2 Å². The number of fused-ring (bicyclic) bond motifs is 3. The van der Waals surface area contributed by atoms with Crippen LogP contribution in [0.5, 0.6) is 11.5 Å². The molecule has 3 aromatic rings. The average molecular weight is 443 g/mol. The summed E-state index contributed by atoms with van der Waals surface area (Å²) in [6, 6.07) is 13.7. The molecule has 32 heavy (non-hydrogen) atoms. The van der Waals surface area contributed by atoms with Gasteiger partial charge in [-0.2, -0.15) is 13.2 Å². The van der Waals surface area contributed by atoms with Gasteiger partial charge >= 0.3 is 6.18 Å². The lowest BCUT2D eigenvalue weighted by Crippen LogP contribution is -2.52. The molecule has 0 spiro atoms. The zero-order chi connectivity index (χ0) is 22.7. The van der Waals surface area contributed by atoms with Gasteiger partial charge in [-0.15, -0.1) is 0 Å². The van der Waals surface area contributed by atoms with Gasteiger partial charge in [-0.25, -0.2) is 0 Å². The Morgan fingerprint density at radius 2 is 1.75 bits per heavy atom. The highest BCUT2D eigenvalue weighted by molar-refractivity contribution is 5.58. The highest BCUT2D eigenvalue weighted by atomic mass is 19.4. The summed E-state index contributed by atoms with van der Waals surface area (Å²) in [5.74, 6) is -0.115. The number of halogens is 3. The number of nitrogens with zero attached hydrogens (tertiary/aromatic N) is 1. The van der Waals surface area contributed by atoms with Crippen LogP contribution in [0.1, 0.15) is 34.6 Å². The van der Waals surface area contributed by atoms with Crippen molar-refractivity contribution in [3.8, 4) is 11.5 Å². The standard InChI is InChI=1S/C24H20F3NO4/c1-31-18-12-28-13-19-21(18)22(30)20(29)11-17(14-5-3-2-4-6-14)23(22,32-19)15-7-9-16(10-8-15)24(25,26)27/h2-10,12-13,17,20,29-30H,11H2,1H3. The van der Waals surface area contributed by atoms with Crippen LogP contribution >= 0.6 is 0 Å². The number of aliphatic hydroxyl groups excluding tert-OH is 1. The van der Waals surface area contributed by atoms with Crippen LogP contribution in [-0.2, 0) is 17.4 Å². The molecule has 1 aliphatic heterocycles. The van der Waals surface area contributed by atoms with Crippen LogP contribution in [0.4, 0.5) is 13.2 Å². The fourth-order valence-electron chi connectivity index (χ4n) is 5.22. The van der Waals surface area contributed by atoms with Crippen LogP contribution in [0.2, 0.25) is 0 Å². The molecule has 5 rings (SSSR count). The normalized spacial score (nSPS) is 28.7. The summed E-state index contributed by atoms with van der Waals surface area (Å²) in [6.07, 6.45) is -2.83. The molecule has 1 aliphatic carbocycles. The maximum Gasteiger partial charge on any atom is 0.416 e.